The van der Waals surface area contributed by atoms with Crippen LogP contribution in [0.15, 0.2) is 84.4 Å². The van der Waals surface area contributed by atoms with E-state index in [-0.39, 0.29) is 17.4 Å². The van der Waals surface area contributed by atoms with E-state index in [9.17, 15) is 9.59 Å². The zero-order valence-corrected chi connectivity index (χ0v) is 25.2. The second-order valence-corrected chi connectivity index (χ2v) is 12.9. The van der Waals surface area contributed by atoms with Crippen LogP contribution in [0.5, 0.6) is 0 Å². The topological polar surface area (TPSA) is 68.8 Å². The highest BCUT2D eigenvalue weighted by molar-refractivity contribution is 7.13. The van der Waals surface area contributed by atoms with Gasteiger partial charge >= 0.3 is 0 Å². The van der Waals surface area contributed by atoms with Crippen LogP contribution in [0.25, 0.3) is 0 Å². The van der Waals surface area contributed by atoms with Gasteiger partial charge in [0, 0.05) is 61.1 Å². The normalized spacial score (nSPS) is 16.4. The lowest BCUT2D eigenvalue weighted by molar-refractivity contribution is -0.120. The van der Waals surface area contributed by atoms with Gasteiger partial charge < -0.3 is 9.80 Å². The van der Waals surface area contributed by atoms with E-state index < -0.39 is 6.04 Å². The van der Waals surface area contributed by atoms with Crippen LogP contribution >= 0.6 is 11.3 Å². The Hall–Kier alpha value is -4.01. The first kappa shape index (κ1) is 28.1. The Morgan fingerprint density at radius 2 is 1.67 bits per heavy atom. The van der Waals surface area contributed by atoms with Gasteiger partial charge in [-0.1, -0.05) is 54.6 Å². The molecule has 1 unspecified atom stereocenters. The van der Waals surface area contributed by atoms with Gasteiger partial charge in [0.25, 0.3) is 11.8 Å². The number of carbonyl (C=O) groups excluding carboxylic acids is 2. The second kappa shape index (κ2) is 11.7. The average Bonchev–Trinajstić information content (AvgIpc) is 3.61. The maximum Gasteiger partial charge on any atom is 0.255 e. The van der Waals surface area contributed by atoms with Gasteiger partial charge in [-0.25, -0.2) is 4.98 Å². The summed E-state index contributed by atoms with van der Waals surface area (Å²) < 4.78 is 0. The summed E-state index contributed by atoms with van der Waals surface area (Å²) in [7, 11) is 0. The van der Waals surface area contributed by atoms with E-state index in [0.29, 0.717) is 17.2 Å². The predicted octanol–water partition coefficient (Wildman–Crippen LogP) is 5.99. The van der Waals surface area contributed by atoms with E-state index >= 15 is 0 Å². The molecule has 42 heavy (non-hydrogen) atoms. The van der Waals surface area contributed by atoms with Crippen LogP contribution in [0.1, 0.15) is 59.4 Å². The van der Waals surface area contributed by atoms with E-state index in [1.54, 1.807) is 11.1 Å². The zero-order valence-electron chi connectivity index (χ0n) is 24.4. The Bertz CT molecular complexity index is 1540. The molecule has 0 spiro atoms. The summed E-state index contributed by atoms with van der Waals surface area (Å²) in [6.45, 7) is 11.4. The molecule has 216 valence electrons. The average molecular weight is 580 g/mol. The Morgan fingerprint density at radius 3 is 2.33 bits per heavy atom. The van der Waals surface area contributed by atoms with Crippen molar-refractivity contribution < 1.29 is 9.59 Å². The summed E-state index contributed by atoms with van der Waals surface area (Å²) in [6, 6.07) is 23.7. The van der Waals surface area contributed by atoms with Gasteiger partial charge in [0.2, 0.25) is 0 Å². The number of aromatic nitrogens is 1. The molecule has 1 fully saturated rings. The number of fused-ring (bicyclic) bond motifs is 1. The number of nitrogens with zero attached hydrogens (tertiary/aromatic N) is 4. The maximum atomic E-state index is 13.8. The number of nitrogens with one attached hydrogen (secondary N) is 1. The molecule has 1 saturated heterocycles. The number of hydrogen-bond donors (Lipinski definition) is 1. The first-order chi connectivity index (χ1) is 20.3. The van der Waals surface area contributed by atoms with Crippen LogP contribution < -0.4 is 10.2 Å². The van der Waals surface area contributed by atoms with Crippen molar-refractivity contribution in [1.29, 1.82) is 0 Å². The van der Waals surface area contributed by atoms with Crippen LogP contribution in [0.2, 0.25) is 0 Å². The summed E-state index contributed by atoms with van der Waals surface area (Å²) in [5.41, 5.74) is 6.14. The minimum atomic E-state index is -0.753. The van der Waals surface area contributed by atoms with Crippen molar-refractivity contribution >= 4 is 34.0 Å². The predicted molar refractivity (Wildman–Crippen MR) is 169 cm³/mol. The van der Waals surface area contributed by atoms with Gasteiger partial charge in [-0.3, -0.25) is 19.8 Å². The van der Waals surface area contributed by atoms with Gasteiger partial charge in [0.1, 0.15) is 6.04 Å². The van der Waals surface area contributed by atoms with Gasteiger partial charge in [-0.15, -0.1) is 11.3 Å². The van der Waals surface area contributed by atoms with Crippen molar-refractivity contribution in [3.63, 3.8) is 0 Å². The second-order valence-electron chi connectivity index (χ2n) is 12.1. The number of carbonyl (C=O) groups is 2. The molecule has 2 amide bonds. The summed E-state index contributed by atoms with van der Waals surface area (Å²) in [4.78, 5) is 38.1. The fourth-order valence-corrected chi connectivity index (χ4v) is 6.48. The minimum absolute atomic E-state index is 0.125. The van der Waals surface area contributed by atoms with Crippen LogP contribution in [0.4, 0.5) is 10.8 Å². The molecule has 1 N–H and O–H groups in total. The molecule has 0 radical (unpaired) electrons. The van der Waals surface area contributed by atoms with Gasteiger partial charge in [-0.2, -0.15) is 0 Å². The van der Waals surface area contributed by atoms with Crippen molar-refractivity contribution in [2.24, 2.45) is 0 Å². The first-order valence-corrected chi connectivity index (χ1v) is 15.4. The van der Waals surface area contributed by atoms with Gasteiger partial charge in [-0.05, 0) is 67.6 Å². The molecule has 0 bridgehead atoms. The van der Waals surface area contributed by atoms with Crippen LogP contribution in [-0.2, 0) is 17.8 Å². The number of benzene rings is 3. The number of piperazine rings is 1. The highest BCUT2D eigenvalue weighted by Gasteiger charge is 2.37. The fourth-order valence-electron chi connectivity index (χ4n) is 5.95. The van der Waals surface area contributed by atoms with E-state index in [0.717, 1.165) is 49.3 Å². The van der Waals surface area contributed by atoms with Crippen molar-refractivity contribution in [2.75, 3.05) is 36.4 Å². The number of amides is 2. The third kappa shape index (κ3) is 5.96. The third-order valence-electron chi connectivity index (χ3n) is 8.28. The Morgan fingerprint density at radius 1 is 0.952 bits per heavy atom. The summed E-state index contributed by atoms with van der Waals surface area (Å²) in [6.07, 6.45) is 2.39. The van der Waals surface area contributed by atoms with E-state index in [1.807, 2.05) is 47.8 Å². The standard InChI is InChI=1S/C34H37N5O2S/c1-34(2,3)38-18-16-37(17-19-38)28-13-10-24(11-14-28)21-25-9-12-27-23-39(32(41)29(27)22-25)30(26-7-5-4-6-8-26)31(40)36-33-35-15-20-42-33/h4-15,20,22,30H,16-19,21,23H2,1-3H3,(H,35,36,40). The molecule has 1 aromatic heterocycles. The van der Waals surface area contributed by atoms with E-state index in [2.05, 4.69) is 71.2 Å². The SMILES string of the molecule is CC(C)(C)N1CCN(c2ccc(Cc3ccc4c(c3)C(=O)N(C(C(=O)Nc3nccs3)c3ccccc3)C4)cc2)CC1. The van der Waals surface area contributed by atoms with Crippen LogP contribution in [-0.4, -0.2) is 58.3 Å². The molecule has 0 aliphatic carbocycles. The molecule has 1 atom stereocenters. The van der Waals surface area contributed by atoms with Crippen LogP contribution in [0, 0.1) is 0 Å². The lowest BCUT2D eigenvalue weighted by Gasteiger charge is -2.43. The largest absolute Gasteiger partial charge is 0.369 e. The molecular weight excluding hydrogens is 542 g/mol. The number of hydrogen-bond acceptors (Lipinski definition) is 6. The van der Waals surface area contributed by atoms with Crippen LogP contribution in [0.3, 0.4) is 0 Å². The van der Waals surface area contributed by atoms with Crippen molar-refractivity contribution in [2.45, 2.75) is 45.3 Å². The maximum absolute atomic E-state index is 13.8. The summed E-state index contributed by atoms with van der Waals surface area (Å²) >= 11 is 1.36. The molecule has 2 aliphatic heterocycles. The smallest absolute Gasteiger partial charge is 0.255 e. The first-order valence-electron chi connectivity index (χ1n) is 14.5. The van der Waals surface area contributed by atoms with E-state index in [4.69, 9.17) is 0 Å². The molecule has 7 nitrogen and oxygen atoms in total. The molecule has 6 rings (SSSR count). The molecule has 2 aliphatic rings. The summed E-state index contributed by atoms with van der Waals surface area (Å²) in [5.74, 6) is -0.392. The highest BCUT2D eigenvalue weighted by atomic mass is 32.1. The lowest BCUT2D eigenvalue weighted by atomic mass is 10.00. The Balaban J connectivity index is 1.15. The number of thiazole rings is 1. The minimum Gasteiger partial charge on any atom is -0.369 e. The Kier molecular flexibility index (Phi) is 7.84. The lowest BCUT2D eigenvalue weighted by Crippen LogP contribution is -2.53. The summed E-state index contributed by atoms with van der Waals surface area (Å²) in [5, 5.41) is 5.23. The van der Waals surface area contributed by atoms with Crippen molar-refractivity contribution in [1.82, 2.24) is 14.8 Å². The molecular formula is C34H37N5O2S. The highest BCUT2D eigenvalue weighted by Crippen LogP contribution is 2.33. The monoisotopic (exact) mass is 579 g/mol. The van der Waals surface area contributed by atoms with Gasteiger partial charge in [0.05, 0.1) is 0 Å². The molecule has 4 aromatic rings. The fraction of sp³-hybridized carbons (Fsp3) is 0.324. The number of anilines is 2. The molecule has 0 saturated carbocycles. The quantitative estimate of drug-likeness (QED) is 0.291. The molecule has 3 aromatic carbocycles. The Labute approximate surface area is 251 Å². The zero-order chi connectivity index (χ0) is 29.3. The number of rotatable bonds is 7. The van der Waals surface area contributed by atoms with E-state index in [1.165, 1.54) is 22.6 Å². The molecule has 3 heterocycles. The van der Waals surface area contributed by atoms with Crippen molar-refractivity contribution in [3.8, 4) is 0 Å². The third-order valence-corrected chi connectivity index (χ3v) is 8.97. The van der Waals surface area contributed by atoms with Crippen molar-refractivity contribution in [3.05, 3.63) is 112 Å². The van der Waals surface area contributed by atoms with Gasteiger partial charge in [0.15, 0.2) is 5.13 Å². The molecule has 8 heteroatoms.